The highest BCUT2D eigenvalue weighted by Gasteiger charge is 2.47. The zero-order valence-corrected chi connectivity index (χ0v) is 9.65. The van der Waals surface area contributed by atoms with Crippen LogP contribution in [0.5, 0.6) is 5.75 Å². The summed E-state index contributed by atoms with van der Waals surface area (Å²) >= 11 is 0. The topological polar surface area (TPSA) is 38.8 Å². The van der Waals surface area contributed by atoms with Gasteiger partial charge in [-0.2, -0.15) is 0 Å². The van der Waals surface area contributed by atoms with Crippen molar-refractivity contribution < 1.29 is 14.3 Å². The third-order valence-electron chi connectivity index (χ3n) is 2.81. The Labute approximate surface area is 105 Å². The summed E-state index contributed by atoms with van der Waals surface area (Å²) in [6, 6.07) is 18.7. The smallest absolute Gasteiger partial charge is 0.343 e. The zero-order valence-electron chi connectivity index (χ0n) is 9.65. The highest BCUT2D eigenvalue weighted by molar-refractivity contribution is 5.80. The van der Waals surface area contributed by atoms with Crippen molar-refractivity contribution in [1.29, 1.82) is 0 Å². The Bertz CT molecular complexity index is 536. The predicted molar refractivity (Wildman–Crippen MR) is 66.1 cm³/mol. The molecule has 0 unspecified atom stereocenters. The van der Waals surface area contributed by atoms with E-state index in [9.17, 15) is 4.79 Å². The summed E-state index contributed by atoms with van der Waals surface area (Å²) in [6.45, 7) is 0. The fourth-order valence-electron chi connectivity index (χ4n) is 1.85. The molecule has 90 valence electrons. The van der Waals surface area contributed by atoms with Crippen LogP contribution in [0.1, 0.15) is 11.7 Å². The maximum Gasteiger partial charge on any atom is 0.343 e. The Morgan fingerprint density at radius 3 is 2.22 bits per heavy atom. The van der Waals surface area contributed by atoms with Gasteiger partial charge in [0, 0.05) is 0 Å². The van der Waals surface area contributed by atoms with E-state index in [0.29, 0.717) is 5.75 Å². The molecule has 2 aromatic carbocycles. The summed E-state index contributed by atoms with van der Waals surface area (Å²) in [7, 11) is 0. The van der Waals surface area contributed by atoms with Gasteiger partial charge in [0.15, 0.2) is 6.10 Å². The average Bonchev–Trinajstić information content (AvgIpc) is 3.21. The van der Waals surface area contributed by atoms with E-state index in [1.54, 1.807) is 12.1 Å². The summed E-state index contributed by atoms with van der Waals surface area (Å²) in [4.78, 5) is 11.8. The molecule has 1 heterocycles. The molecule has 3 nitrogen and oxygen atoms in total. The quantitative estimate of drug-likeness (QED) is 0.470. The second-order valence-electron chi connectivity index (χ2n) is 4.12. The number of benzene rings is 2. The minimum Gasteiger partial charge on any atom is -0.425 e. The molecule has 18 heavy (non-hydrogen) atoms. The first kappa shape index (κ1) is 11.0. The van der Waals surface area contributed by atoms with Gasteiger partial charge in [0.1, 0.15) is 11.9 Å². The van der Waals surface area contributed by atoms with Crippen molar-refractivity contribution >= 4 is 5.97 Å². The lowest BCUT2D eigenvalue weighted by atomic mass is 10.1. The van der Waals surface area contributed by atoms with Crippen LogP contribution in [0, 0.1) is 0 Å². The molecule has 3 heteroatoms. The van der Waals surface area contributed by atoms with Crippen LogP contribution >= 0.6 is 0 Å². The molecule has 1 saturated heterocycles. The number of para-hydroxylation sites is 1. The molecular formula is C15H12O3. The molecular weight excluding hydrogens is 228 g/mol. The molecule has 0 aliphatic carbocycles. The summed E-state index contributed by atoms with van der Waals surface area (Å²) in [5.41, 5.74) is 1.01. The number of hydrogen-bond donors (Lipinski definition) is 0. The second kappa shape index (κ2) is 4.63. The van der Waals surface area contributed by atoms with E-state index in [4.69, 9.17) is 9.47 Å². The first-order valence-corrected chi connectivity index (χ1v) is 5.82. The Balaban J connectivity index is 1.63. The van der Waals surface area contributed by atoms with Gasteiger partial charge in [-0.1, -0.05) is 48.5 Å². The summed E-state index contributed by atoms with van der Waals surface area (Å²) in [6.07, 6.45) is -0.644. The number of epoxide rings is 1. The van der Waals surface area contributed by atoms with Crippen LogP contribution in [0.25, 0.3) is 0 Å². The molecule has 1 aliphatic rings. The lowest BCUT2D eigenvalue weighted by Crippen LogP contribution is -2.15. The molecule has 0 spiro atoms. The molecule has 0 aromatic heterocycles. The van der Waals surface area contributed by atoms with Gasteiger partial charge < -0.3 is 9.47 Å². The van der Waals surface area contributed by atoms with Crippen molar-refractivity contribution in [2.24, 2.45) is 0 Å². The van der Waals surface area contributed by atoms with Crippen LogP contribution in [0.15, 0.2) is 60.7 Å². The fraction of sp³-hybridized carbons (Fsp3) is 0.133. The summed E-state index contributed by atoms with van der Waals surface area (Å²) < 4.78 is 10.6. The van der Waals surface area contributed by atoms with Crippen molar-refractivity contribution in [1.82, 2.24) is 0 Å². The van der Waals surface area contributed by atoms with Crippen LogP contribution in [0.3, 0.4) is 0 Å². The van der Waals surface area contributed by atoms with E-state index in [-0.39, 0.29) is 12.1 Å². The first-order chi connectivity index (χ1) is 8.84. The lowest BCUT2D eigenvalue weighted by Gasteiger charge is -2.01. The van der Waals surface area contributed by atoms with Crippen LogP contribution in [-0.2, 0) is 9.53 Å². The molecule has 0 bridgehead atoms. The van der Waals surface area contributed by atoms with Crippen molar-refractivity contribution in [2.45, 2.75) is 12.2 Å². The molecule has 3 rings (SSSR count). The van der Waals surface area contributed by atoms with Crippen molar-refractivity contribution in [2.75, 3.05) is 0 Å². The van der Waals surface area contributed by atoms with Gasteiger partial charge in [-0.25, -0.2) is 4.79 Å². The third-order valence-corrected chi connectivity index (χ3v) is 2.81. The number of rotatable bonds is 3. The Morgan fingerprint density at radius 2 is 1.56 bits per heavy atom. The number of ether oxygens (including phenoxy) is 2. The molecule has 0 radical (unpaired) electrons. The Morgan fingerprint density at radius 1 is 0.944 bits per heavy atom. The van der Waals surface area contributed by atoms with Gasteiger partial charge in [0.2, 0.25) is 0 Å². The standard InChI is InChI=1S/C15H12O3/c16-15(17-12-9-5-2-6-10-12)14-13(18-14)11-7-3-1-4-8-11/h1-10,13-14H/t13-,14-/m0/s1. The fourth-order valence-corrected chi connectivity index (χ4v) is 1.85. The van der Waals surface area contributed by atoms with Crippen LogP contribution < -0.4 is 4.74 Å². The number of esters is 1. The molecule has 0 saturated carbocycles. The van der Waals surface area contributed by atoms with Gasteiger partial charge >= 0.3 is 5.97 Å². The molecule has 1 aliphatic heterocycles. The minimum absolute atomic E-state index is 0.164. The Kier molecular flexibility index (Phi) is 2.82. The monoisotopic (exact) mass is 240 g/mol. The highest BCUT2D eigenvalue weighted by Crippen LogP contribution is 2.39. The normalized spacial score (nSPS) is 21.3. The van der Waals surface area contributed by atoms with Crippen LogP contribution in [0.4, 0.5) is 0 Å². The van der Waals surface area contributed by atoms with Crippen molar-refractivity contribution in [3.63, 3.8) is 0 Å². The van der Waals surface area contributed by atoms with E-state index in [1.165, 1.54) is 0 Å². The van der Waals surface area contributed by atoms with E-state index < -0.39 is 6.10 Å². The van der Waals surface area contributed by atoms with E-state index >= 15 is 0 Å². The largest absolute Gasteiger partial charge is 0.425 e. The van der Waals surface area contributed by atoms with Gasteiger partial charge in [-0.05, 0) is 17.7 Å². The minimum atomic E-state index is -0.479. The SMILES string of the molecule is O=C(Oc1ccccc1)[C@H]1O[C@H]1c1ccccc1. The van der Waals surface area contributed by atoms with Gasteiger partial charge in [-0.3, -0.25) is 0 Å². The van der Waals surface area contributed by atoms with Gasteiger partial charge in [0.25, 0.3) is 0 Å². The molecule has 1 fully saturated rings. The summed E-state index contributed by atoms with van der Waals surface area (Å²) in [5, 5.41) is 0. The highest BCUT2D eigenvalue weighted by atomic mass is 16.6. The zero-order chi connectivity index (χ0) is 12.4. The van der Waals surface area contributed by atoms with Crippen LogP contribution in [0.2, 0.25) is 0 Å². The molecule has 0 N–H and O–H groups in total. The predicted octanol–water partition coefficient (Wildman–Crippen LogP) is 2.73. The average molecular weight is 240 g/mol. The van der Waals surface area contributed by atoms with E-state index in [2.05, 4.69) is 0 Å². The summed E-state index contributed by atoms with van der Waals surface area (Å²) in [5.74, 6) is 0.208. The third kappa shape index (κ3) is 2.26. The van der Waals surface area contributed by atoms with E-state index in [1.807, 2.05) is 48.5 Å². The molecule has 0 amide bonds. The maximum atomic E-state index is 11.8. The van der Waals surface area contributed by atoms with Gasteiger partial charge in [0.05, 0.1) is 0 Å². The van der Waals surface area contributed by atoms with Gasteiger partial charge in [-0.15, -0.1) is 0 Å². The second-order valence-corrected chi connectivity index (χ2v) is 4.12. The number of carbonyl (C=O) groups excluding carboxylic acids is 1. The van der Waals surface area contributed by atoms with Crippen LogP contribution in [-0.4, -0.2) is 12.1 Å². The molecule has 2 atom stereocenters. The number of carbonyl (C=O) groups is 1. The van der Waals surface area contributed by atoms with Crippen molar-refractivity contribution in [3.05, 3.63) is 66.2 Å². The van der Waals surface area contributed by atoms with E-state index in [0.717, 1.165) is 5.56 Å². The maximum absolute atomic E-state index is 11.8. The molecule has 2 aromatic rings. The number of hydrogen-bond acceptors (Lipinski definition) is 3. The first-order valence-electron chi connectivity index (χ1n) is 5.82. The Hall–Kier alpha value is -2.13. The lowest BCUT2D eigenvalue weighted by molar-refractivity contribution is -0.135. The van der Waals surface area contributed by atoms with Crippen molar-refractivity contribution in [3.8, 4) is 5.75 Å².